The molecule has 0 radical (unpaired) electrons. The fourth-order valence-corrected chi connectivity index (χ4v) is 3.09. The third-order valence-corrected chi connectivity index (χ3v) is 4.68. The normalized spacial score (nSPS) is 11.3. The molecular formula is C19H24FN5O2. The molecular weight excluding hydrogens is 349 g/mol. The largest absolute Gasteiger partial charge is 0.356 e. The lowest BCUT2D eigenvalue weighted by molar-refractivity contribution is 0.623. The maximum absolute atomic E-state index is 13.1. The number of nitrogens with zero attached hydrogens (tertiary/aromatic N) is 4. The number of unbranched alkanes of at least 4 members (excludes halogenated alkanes) is 2. The first-order valence-corrected chi connectivity index (χ1v) is 9.08. The summed E-state index contributed by atoms with van der Waals surface area (Å²) in [6.45, 7) is 2.96. The predicted molar refractivity (Wildman–Crippen MR) is 104 cm³/mol. The van der Waals surface area contributed by atoms with Gasteiger partial charge in [-0.2, -0.15) is 4.98 Å². The van der Waals surface area contributed by atoms with Crippen LogP contribution in [-0.4, -0.2) is 25.2 Å². The number of anilines is 1. The lowest BCUT2D eigenvalue weighted by Crippen LogP contribution is -2.39. The van der Waals surface area contributed by atoms with Crippen molar-refractivity contribution in [2.24, 2.45) is 14.1 Å². The van der Waals surface area contributed by atoms with Crippen LogP contribution in [-0.2, 0) is 20.6 Å². The molecule has 27 heavy (non-hydrogen) atoms. The van der Waals surface area contributed by atoms with E-state index in [0.717, 1.165) is 30.4 Å². The highest BCUT2D eigenvalue weighted by Gasteiger charge is 2.18. The fraction of sp³-hybridized carbons (Fsp3) is 0.421. The van der Waals surface area contributed by atoms with Gasteiger partial charge in [-0.05, 0) is 24.1 Å². The number of benzene rings is 1. The van der Waals surface area contributed by atoms with Gasteiger partial charge in [0.2, 0.25) is 5.95 Å². The maximum Gasteiger partial charge on any atom is 0.332 e. The molecule has 0 unspecified atom stereocenters. The van der Waals surface area contributed by atoms with E-state index >= 15 is 0 Å². The van der Waals surface area contributed by atoms with Crippen molar-refractivity contribution in [3.63, 3.8) is 0 Å². The maximum atomic E-state index is 13.1. The fourth-order valence-electron chi connectivity index (χ4n) is 3.09. The Bertz CT molecular complexity index is 1060. The third-order valence-electron chi connectivity index (χ3n) is 4.68. The summed E-state index contributed by atoms with van der Waals surface area (Å²) in [4.78, 5) is 30.1. The Kier molecular flexibility index (Phi) is 5.43. The van der Waals surface area contributed by atoms with Gasteiger partial charge in [0.15, 0.2) is 11.2 Å². The highest BCUT2D eigenvalue weighted by atomic mass is 19.1. The zero-order valence-corrected chi connectivity index (χ0v) is 15.8. The van der Waals surface area contributed by atoms with Crippen LogP contribution in [0.1, 0.15) is 31.7 Å². The van der Waals surface area contributed by atoms with Crippen molar-refractivity contribution in [3.05, 3.63) is 56.5 Å². The van der Waals surface area contributed by atoms with E-state index in [-0.39, 0.29) is 12.4 Å². The van der Waals surface area contributed by atoms with Gasteiger partial charge in [0.05, 0.1) is 6.54 Å². The molecule has 7 nitrogen and oxygen atoms in total. The monoisotopic (exact) mass is 373 g/mol. The molecule has 0 amide bonds. The Hall–Kier alpha value is -2.90. The van der Waals surface area contributed by atoms with Gasteiger partial charge in [0.1, 0.15) is 5.82 Å². The van der Waals surface area contributed by atoms with Crippen LogP contribution in [0.2, 0.25) is 0 Å². The molecule has 1 aromatic carbocycles. The number of hydrogen-bond donors (Lipinski definition) is 1. The van der Waals surface area contributed by atoms with Gasteiger partial charge in [0, 0.05) is 20.6 Å². The summed E-state index contributed by atoms with van der Waals surface area (Å²) in [6.07, 6.45) is 3.24. The standard InChI is InChI=1S/C19H24FN5O2/c1-4-5-6-11-21-18-22-16-15(23(18)2)17(26)25(19(27)24(16)3)12-13-7-9-14(20)10-8-13/h7-10H,4-6,11-12H2,1-3H3,(H,21,22). The number of rotatable bonds is 7. The molecule has 0 aliphatic rings. The average molecular weight is 373 g/mol. The highest BCUT2D eigenvalue weighted by molar-refractivity contribution is 5.74. The molecule has 0 saturated carbocycles. The first kappa shape index (κ1) is 18.9. The van der Waals surface area contributed by atoms with E-state index in [0.29, 0.717) is 22.7 Å². The molecule has 8 heteroatoms. The third kappa shape index (κ3) is 3.65. The minimum Gasteiger partial charge on any atom is -0.356 e. The van der Waals surface area contributed by atoms with Crippen molar-refractivity contribution in [1.82, 2.24) is 18.7 Å². The Morgan fingerprint density at radius 3 is 2.44 bits per heavy atom. The van der Waals surface area contributed by atoms with E-state index in [9.17, 15) is 14.0 Å². The van der Waals surface area contributed by atoms with Crippen molar-refractivity contribution in [2.75, 3.05) is 11.9 Å². The number of fused-ring (bicyclic) bond motifs is 1. The number of aromatic nitrogens is 4. The lowest BCUT2D eigenvalue weighted by Gasteiger charge is -2.09. The molecule has 0 spiro atoms. The molecule has 2 aromatic heterocycles. The van der Waals surface area contributed by atoms with Gasteiger partial charge in [-0.15, -0.1) is 0 Å². The zero-order valence-electron chi connectivity index (χ0n) is 15.8. The van der Waals surface area contributed by atoms with Gasteiger partial charge in [0.25, 0.3) is 5.56 Å². The van der Waals surface area contributed by atoms with E-state index in [1.54, 1.807) is 30.8 Å². The zero-order chi connectivity index (χ0) is 19.6. The Morgan fingerprint density at radius 1 is 1.07 bits per heavy atom. The van der Waals surface area contributed by atoms with Crippen LogP contribution in [0.15, 0.2) is 33.9 Å². The van der Waals surface area contributed by atoms with Crippen molar-refractivity contribution in [2.45, 2.75) is 32.7 Å². The quantitative estimate of drug-likeness (QED) is 0.645. The predicted octanol–water partition coefficient (Wildman–Crippen LogP) is 2.22. The molecule has 144 valence electrons. The van der Waals surface area contributed by atoms with Gasteiger partial charge in [-0.3, -0.25) is 13.9 Å². The van der Waals surface area contributed by atoms with E-state index < -0.39 is 11.2 Å². The Labute approximate surface area is 156 Å². The van der Waals surface area contributed by atoms with E-state index in [1.807, 2.05) is 0 Å². The van der Waals surface area contributed by atoms with Crippen LogP contribution in [0.3, 0.4) is 0 Å². The number of aryl methyl sites for hydroxylation is 2. The summed E-state index contributed by atoms with van der Waals surface area (Å²) in [7, 11) is 3.35. The number of imidazole rings is 1. The molecule has 0 atom stereocenters. The van der Waals surface area contributed by atoms with E-state index in [1.165, 1.54) is 16.7 Å². The minimum atomic E-state index is -0.451. The molecule has 0 saturated heterocycles. The summed E-state index contributed by atoms with van der Waals surface area (Å²) in [5.41, 5.74) is 0.523. The van der Waals surface area contributed by atoms with Crippen LogP contribution >= 0.6 is 0 Å². The number of halogens is 1. The van der Waals surface area contributed by atoms with Gasteiger partial charge >= 0.3 is 5.69 Å². The van der Waals surface area contributed by atoms with Gasteiger partial charge in [-0.25, -0.2) is 9.18 Å². The Morgan fingerprint density at radius 2 is 1.78 bits per heavy atom. The average Bonchev–Trinajstić information content (AvgIpc) is 2.99. The van der Waals surface area contributed by atoms with Crippen LogP contribution < -0.4 is 16.6 Å². The molecule has 1 N–H and O–H groups in total. The Balaban J connectivity index is 2.03. The van der Waals surface area contributed by atoms with Crippen LogP contribution in [0, 0.1) is 5.82 Å². The van der Waals surface area contributed by atoms with E-state index in [2.05, 4.69) is 17.2 Å². The number of hydrogen-bond acceptors (Lipinski definition) is 4. The summed E-state index contributed by atoms with van der Waals surface area (Å²) >= 11 is 0. The topological polar surface area (TPSA) is 73.8 Å². The summed E-state index contributed by atoms with van der Waals surface area (Å²) in [6, 6.07) is 5.75. The van der Waals surface area contributed by atoms with Crippen molar-refractivity contribution < 1.29 is 4.39 Å². The van der Waals surface area contributed by atoms with Gasteiger partial charge in [-0.1, -0.05) is 31.9 Å². The van der Waals surface area contributed by atoms with Crippen LogP contribution in [0.5, 0.6) is 0 Å². The lowest BCUT2D eigenvalue weighted by atomic mass is 10.2. The second-order valence-electron chi connectivity index (χ2n) is 6.66. The first-order chi connectivity index (χ1) is 12.9. The van der Waals surface area contributed by atoms with Crippen LogP contribution in [0.4, 0.5) is 10.3 Å². The second kappa shape index (κ2) is 7.77. The summed E-state index contributed by atoms with van der Waals surface area (Å²) in [5.74, 6) is 0.201. The molecule has 0 aliphatic heterocycles. The van der Waals surface area contributed by atoms with Crippen LogP contribution in [0.25, 0.3) is 11.2 Å². The molecule has 0 aliphatic carbocycles. The summed E-state index contributed by atoms with van der Waals surface area (Å²) in [5, 5.41) is 3.23. The summed E-state index contributed by atoms with van der Waals surface area (Å²) < 4.78 is 17.3. The minimum absolute atomic E-state index is 0.0756. The number of nitrogens with one attached hydrogen (secondary N) is 1. The molecule has 0 fully saturated rings. The van der Waals surface area contributed by atoms with Gasteiger partial charge < -0.3 is 9.88 Å². The molecule has 0 bridgehead atoms. The van der Waals surface area contributed by atoms with Crippen molar-refractivity contribution in [1.29, 1.82) is 0 Å². The molecule has 3 rings (SSSR count). The van der Waals surface area contributed by atoms with Crippen molar-refractivity contribution in [3.8, 4) is 0 Å². The second-order valence-corrected chi connectivity index (χ2v) is 6.66. The molecule has 3 aromatic rings. The molecule has 2 heterocycles. The smallest absolute Gasteiger partial charge is 0.332 e. The first-order valence-electron chi connectivity index (χ1n) is 9.08. The van der Waals surface area contributed by atoms with E-state index in [4.69, 9.17) is 0 Å². The highest BCUT2D eigenvalue weighted by Crippen LogP contribution is 2.14. The SMILES string of the molecule is CCCCCNc1nc2c(c(=O)n(Cc3ccc(F)cc3)c(=O)n2C)n1C. The van der Waals surface area contributed by atoms with Crippen molar-refractivity contribution >= 4 is 17.1 Å².